The van der Waals surface area contributed by atoms with Crippen molar-refractivity contribution in [2.24, 2.45) is 0 Å². The summed E-state index contributed by atoms with van der Waals surface area (Å²) in [5.74, 6) is -0.913. The van der Waals surface area contributed by atoms with E-state index >= 15 is 0 Å². The number of rotatable bonds is 4. The van der Waals surface area contributed by atoms with Gasteiger partial charge in [-0.1, -0.05) is 0 Å². The number of ether oxygens (including phenoxy) is 1. The van der Waals surface area contributed by atoms with Crippen molar-refractivity contribution < 1.29 is 17.5 Å². The Bertz CT molecular complexity index is 445. The van der Waals surface area contributed by atoms with Crippen LogP contribution in [0.5, 0.6) is 5.75 Å². The number of alkyl halides is 1. The summed E-state index contributed by atoms with van der Waals surface area (Å²) in [4.78, 5) is -0.0820. The molecule has 1 aromatic carbocycles. The average molecular weight is 253 g/mol. The van der Waals surface area contributed by atoms with Crippen LogP contribution >= 0.6 is 11.6 Å². The van der Waals surface area contributed by atoms with Gasteiger partial charge in [0.1, 0.15) is 0 Å². The number of sulfone groups is 1. The van der Waals surface area contributed by atoms with Gasteiger partial charge in [0.15, 0.2) is 21.4 Å². The van der Waals surface area contributed by atoms with Crippen molar-refractivity contribution in [1.82, 2.24) is 0 Å². The SMILES string of the molecule is COc1ccc(S(=O)(=O)CCCl)cc1F. The van der Waals surface area contributed by atoms with Gasteiger partial charge in [-0.2, -0.15) is 0 Å². The lowest BCUT2D eigenvalue weighted by Crippen LogP contribution is -2.08. The third-order valence-corrected chi connectivity index (χ3v) is 3.96. The van der Waals surface area contributed by atoms with E-state index in [0.717, 1.165) is 6.07 Å². The van der Waals surface area contributed by atoms with Gasteiger partial charge in [-0.25, -0.2) is 12.8 Å². The predicted octanol–water partition coefficient (Wildman–Crippen LogP) is 1.85. The van der Waals surface area contributed by atoms with Crippen LogP contribution in [0.4, 0.5) is 4.39 Å². The summed E-state index contributed by atoms with van der Waals surface area (Å²) in [7, 11) is -2.17. The molecule has 1 rings (SSSR count). The molecule has 1 aromatic rings. The van der Waals surface area contributed by atoms with E-state index in [4.69, 9.17) is 11.6 Å². The minimum Gasteiger partial charge on any atom is -0.494 e. The van der Waals surface area contributed by atoms with E-state index in [2.05, 4.69) is 4.74 Å². The zero-order valence-electron chi connectivity index (χ0n) is 8.04. The van der Waals surface area contributed by atoms with Gasteiger partial charge >= 0.3 is 0 Å². The molecular weight excluding hydrogens is 243 g/mol. The second kappa shape index (κ2) is 4.81. The van der Waals surface area contributed by atoms with Crippen LogP contribution in [0, 0.1) is 5.82 Å². The first-order valence-corrected chi connectivity index (χ1v) is 6.32. The monoisotopic (exact) mass is 252 g/mol. The summed E-state index contributed by atoms with van der Waals surface area (Å²) in [6, 6.07) is 3.50. The highest BCUT2D eigenvalue weighted by molar-refractivity contribution is 7.91. The molecule has 15 heavy (non-hydrogen) atoms. The number of halogens is 2. The smallest absolute Gasteiger partial charge is 0.179 e. The fourth-order valence-electron chi connectivity index (χ4n) is 1.06. The minimum atomic E-state index is -3.49. The van der Waals surface area contributed by atoms with E-state index in [1.807, 2.05) is 0 Å². The third-order valence-electron chi connectivity index (χ3n) is 1.83. The first-order valence-electron chi connectivity index (χ1n) is 4.13. The zero-order valence-corrected chi connectivity index (χ0v) is 9.61. The predicted molar refractivity (Wildman–Crippen MR) is 55.7 cm³/mol. The molecule has 0 heterocycles. The lowest BCUT2D eigenvalue weighted by atomic mass is 10.3. The molecule has 3 nitrogen and oxygen atoms in total. The quantitative estimate of drug-likeness (QED) is 0.768. The van der Waals surface area contributed by atoms with Crippen LogP contribution in [-0.4, -0.2) is 27.2 Å². The van der Waals surface area contributed by atoms with Crippen LogP contribution in [0.1, 0.15) is 0 Å². The van der Waals surface area contributed by atoms with Crippen molar-refractivity contribution in [3.63, 3.8) is 0 Å². The van der Waals surface area contributed by atoms with Crippen molar-refractivity contribution in [2.45, 2.75) is 4.90 Å². The molecule has 6 heteroatoms. The standard InChI is InChI=1S/C9H10ClFO3S/c1-14-9-3-2-7(6-8(9)11)15(12,13)5-4-10/h2-3,6H,4-5H2,1H3. The molecule has 0 aliphatic rings. The van der Waals surface area contributed by atoms with E-state index < -0.39 is 15.7 Å². The molecule has 0 N–H and O–H groups in total. The largest absolute Gasteiger partial charge is 0.494 e. The first-order chi connectivity index (χ1) is 7.01. The molecule has 0 radical (unpaired) electrons. The first kappa shape index (κ1) is 12.3. The van der Waals surface area contributed by atoms with Gasteiger partial charge in [0.05, 0.1) is 17.8 Å². The Balaban J connectivity index is 3.13. The maximum absolute atomic E-state index is 13.2. The zero-order chi connectivity index (χ0) is 11.5. The number of hydrogen-bond acceptors (Lipinski definition) is 3. The second-order valence-corrected chi connectivity index (χ2v) is 5.29. The highest BCUT2D eigenvalue weighted by atomic mass is 35.5. The van der Waals surface area contributed by atoms with Crippen LogP contribution < -0.4 is 4.74 Å². The Kier molecular flexibility index (Phi) is 3.93. The molecule has 0 spiro atoms. The normalized spacial score (nSPS) is 11.4. The van der Waals surface area contributed by atoms with E-state index in [1.165, 1.54) is 19.2 Å². The summed E-state index contributed by atoms with van der Waals surface area (Å²) < 4.78 is 40.9. The van der Waals surface area contributed by atoms with E-state index in [9.17, 15) is 12.8 Å². The van der Waals surface area contributed by atoms with Crippen molar-refractivity contribution in [1.29, 1.82) is 0 Å². The highest BCUT2D eigenvalue weighted by Crippen LogP contribution is 2.21. The van der Waals surface area contributed by atoms with Crippen molar-refractivity contribution in [3.8, 4) is 5.75 Å². The van der Waals surface area contributed by atoms with Gasteiger partial charge in [-0.05, 0) is 18.2 Å². The Morgan fingerprint density at radius 1 is 1.47 bits per heavy atom. The average Bonchev–Trinajstić information content (AvgIpc) is 2.17. The Labute approximate surface area is 92.7 Å². The summed E-state index contributed by atoms with van der Waals surface area (Å²) in [6.07, 6.45) is 0. The summed E-state index contributed by atoms with van der Waals surface area (Å²) in [5, 5.41) is 0. The van der Waals surface area contributed by atoms with E-state index in [0.29, 0.717) is 0 Å². The molecule has 84 valence electrons. The molecular formula is C9H10ClFO3S. The molecule has 0 saturated heterocycles. The molecule has 0 saturated carbocycles. The second-order valence-electron chi connectivity index (χ2n) is 2.80. The lowest BCUT2D eigenvalue weighted by Gasteiger charge is -2.05. The number of benzene rings is 1. The maximum Gasteiger partial charge on any atom is 0.179 e. The summed E-state index contributed by atoms with van der Waals surface area (Å²) >= 11 is 5.34. The van der Waals surface area contributed by atoms with Crippen molar-refractivity contribution >= 4 is 21.4 Å². The summed E-state index contributed by atoms with van der Waals surface area (Å²) in [5.41, 5.74) is 0. The van der Waals surface area contributed by atoms with Gasteiger partial charge in [0, 0.05) is 5.88 Å². The van der Waals surface area contributed by atoms with E-state index in [1.54, 1.807) is 0 Å². The van der Waals surface area contributed by atoms with Gasteiger partial charge in [0.2, 0.25) is 0 Å². The van der Waals surface area contributed by atoms with Crippen LogP contribution in [0.3, 0.4) is 0 Å². The van der Waals surface area contributed by atoms with Crippen LogP contribution in [-0.2, 0) is 9.84 Å². The number of hydrogen-bond donors (Lipinski definition) is 0. The lowest BCUT2D eigenvalue weighted by molar-refractivity contribution is 0.385. The highest BCUT2D eigenvalue weighted by Gasteiger charge is 2.15. The molecule has 0 aromatic heterocycles. The molecule has 0 aliphatic heterocycles. The Morgan fingerprint density at radius 3 is 2.60 bits per heavy atom. The van der Waals surface area contributed by atoms with Gasteiger partial charge in [-0.15, -0.1) is 11.6 Å². The maximum atomic E-state index is 13.2. The Hall–Kier alpha value is -0.810. The van der Waals surface area contributed by atoms with Crippen LogP contribution in [0.2, 0.25) is 0 Å². The van der Waals surface area contributed by atoms with Crippen molar-refractivity contribution in [3.05, 3.63) is 24.0 Å². The van der Waals surface area contributed by atoms with Crippen LogP contribution in [0.25, 0.3) is 0 Å². The minimum absolute atomic E-state index is 0.0137. The fourth-order valence-corrected chi connectivity index (χ4v) is 2.67. The molecule has 0 bridgehead atoms. The molecule has 0 amide bonds. The summed E-state index contributed by atoms with van der Waals surface area (Å²) in [6.45, 7) is 0. The van der Waals surface area contributed by atoms with Crippen molar-refractivity contribution in [2.75, 3.05) is 18.7 Å². The fraction of sp³-hybridized carbons (Fsp3) is 0.333. The molecule has 0 fully saturated rings. The Morgan fingerprint density at radius 2 is 2.13 bits per heavy atom. The van der Waals surface area contributed by atoms with E-state index in [-0.39, 0.29) is 22.3 Å². The topological polar surface area (TPSA) is 43.4 Å². The molecule has 0 atom stereocenters. The number of methoxy groups -OCH3 is 1. The third kappa shape index (κ3) is 2.82. The van der Waals surface area contributed by atoms with Gasteiger partial charge in [-0.3, -0.25) is 0 Å². The molecule has 0 aliphatic carbocycles. The van der Waals surface area contributed by atoms with Gasteiger partial charge < -0.3 is 4.74 Å². The van der Waals surface area contributed by atoms with Gasteiger partial charge in [0.25, 0.3) is 0 Å². The van der Waals surface area contributed by atoms with Crippen LogP contribution in [0.15, 0.2) is 23.1 Å². The molecule has 0 unspecified atom stereocenters.